The summed E-state index contributed by atoms with van der Waals surface area (Å²) in [6.07, 6.45) is 4.69. The van der Waals surface area contributed by atoms with Gasteiger partial charge >= 0.3 is 0 Å². The topological polar surface area (TPSA) is 168 Å². The number of carbonyl (C=O) groups is 1. The number of nitrogen functional groups attached to an aromatic ring is 1. The van der Waals surface area contributed by atoms with Gasteiger partial charge in [0.05, 0.1) is 6.21 Å². The number of fused-ring (bicyclic) bond motifs is 1. The van der Waals surface area contributed by atoms with Gasteiger partial charge in [0, 0.05) is 23.5 Å². The third kappa shape index (κ3) is 3.39. The maximum absolute atomic E-state index is 12.8. The molecule has 0 unspecified atom stereocenters. The molecular formula is C18H13N9O4. The molecule has 3 N–H and O–H groups in total. The van der Waals surface area contributed by atoms with Crippen molar-refractivity contribution in [1.29, 1.82) is 0 Å². The van der Waals surface area contributed by atoms with Gasteiger partial charge in [-0.15, -0.1) is 5.10 Å². The lowest BCUT2D eigenvalue weighted by Gasteiger charge is -2.07. The molecule has 13 nitrogen and oxygen atoms in total. The standard InChI is InChI=1S/C18H13N9O4/c19-16-17(25-31-24-16)27-15(11-3-4-12-13(6-11)30-9-29-12)14(22-26-27)18(28)23-21-8-10-2-1-5-20-7-10/h1-8H,9H2,(H2,19,24)(H,23,28)/b21-8-. The first-order chi connectivity index (χ1) is 15.2. The summed E-state index contributed by atoms with van der Waals surface area (Å²) in [5, 5.41) is 19.2. The van der Waals surface area contributed by atoms with E-state index >= 15 is 0 Å². The van der Waals surface area contributed by atoms with Gasteiger partial charge in [-0.25, -0.2) is 10.1 Å². The van der Waals surface area contributed by atoms with Crippen molar-refractivity contribution in [3.8, 4) is 28.6 Å². The fraction of sp³-hybridized carbons (Fsp3) is 0.0556. The zero-order valence-corrected chi connectivity index (χ0v) is 15.7. The number of anilines is 1. The fourth-order valence-corrected chi connectivity index (χ4v) is 2.89. The number of pyridine rings is 1. The third-order valence-electron chi connectivity index (χ3n) is 4.29. The van der Waals surface area contributed by atoms with Crippen molar-refractivity contribution in [3.63, 3.8) is 0 Å². The van der Waals surface area contributed by atoms with Crippen LogP contribution in [0.3, 0.4) is 0 Å². The number of nitrogens with zero attached hydrogens (tertiary/aromatic N) is 7. The van der Waals surface area contributed by atoms with Crippen LogP contribution in [-0.2, 0) is 0 Å². The number of amides is 1. The summed E-state index contributed by atoms with van der Waals surface area (Å²) >= 11 is 0. The number of nitrogens with one attached hydrogen (secondary N) is 1. The summed E-state index contributed by atoms with van der Waals surface area (Å²) in [5.74, 6) is 0.551. The highest BCUT2D eigenvalue weighted by molar-refractivity contribution is 5.99. The van der Waals surface area contributed by atoms with Crippen LogP contribution in [0.4, 0.5) is 5.82 Å². The average Bonchev–Trinajstić information content (AvgIpc) is 3.52. The smallest absolute Gasteiger partial charge is 0.294 e. The number of aromatic nitrogens is 6. The van der Waals surface area contributed by atoms with Gasteiger partial charge in [-0.05, 0) is 34.6 Å². The van der Waals surface area contributed by atoms with E-state index in [4.69, 9.17) is 15.2 Å². The number of hydrazone groups is 1. The van der Waals surface area contributed by atoms with Crippen molar-refractivity contribution in [1.82, 2.24) is 35.7 Å². The first-order valence-corrected chi connectivity index (χ1v) is 8.88. The summed E-state index contributed by atoms with van der Waals surface area (Å²) in [6.45, 7) is 0.104. The molecule has 154 valence electrons. The van der Waals surface area contributed by atoms with Gasteiger partial charge in [-0.3, -0.25) is 9.78 Å². The molecule has 0 aliphatic carbocycles. The van der Waals surface area contributed by atoms with E-state index in [2.05, 4.69) is 40.8 Å². The molecular weight excluding hydrogens is 406 g/mol. The molecule has 0 saturated carbocycles. The van der Waals surface area contributed by atoms with Gasteiger partial charge < -0.3 is 15.2 Å². The Morgan fingerprint density at radius 3 is 2.94 bits per heavy atom. The van der Waals surface area contributed by atoms with Crippen LogP contribution >= 0.6 is 0 Å². The number of benzene rings is 1. The van der Waals surface area contributed by atoms with Gasteiger partial charge in [0.25, 0.3) is 5.91 Å². The number of hydrogen-bond donors (Lipinski definition) is 2. The highest BCUT2D eigenvalue weighted by Crippen LogP contribution is 2.37. The Hall–Kier alpha value is -4.81. The van der Waals surface area contributed by atoms with E-state index in [0.29, 0.717) is 22.6 Å². The average molecular weight is 419 g/mol. The predicted octanol–water partition coefficient (Wildman–Crippen LogP) is 0.787. The number of carbonyl (C=O) groups excluding carboxylic acids is 1. The zero-order chi connectivity index (χ0) is 21.2. The second kappa shape index (κ2) is 7.55. The molecule has 5 rings (SSSR count). The van der Waals surface area contributed by atoms with E-state index in [9.17, 15) is 4.79 Å². The van der Waals surface area contributed by atoms with Gasteiger partial charge in [0.2, 0.25) is 18.4 Å². The molecule has 0 bridgehead atoms. The molecule has 0 saturated heterocycles. The molecule has 3 aromatic heterocycles. The van der Waals surface area contributed by atoms with Crippen molar-refractivity contribution in [3.05, 3.63) is 54.0 Å². The SMILES string of the molecule is Nc1nonc1-n1nnc(C(=O)N/N=C\c2cccnc2)c1-c1ccc2c(c1)OCO2. The lowest BCUT2D eigenvalue weighted by molar-refractivity contribution is 0.0950. The van der Waals surface area contributed by atoms with Crippen molar-refractivity contribution in [2.45, 2.75) is 0 Å². The monoisotopic (exact) mass is 419 g/mol. The fourth-order valence-electron chi connectivity index (χ4n) is 2.89. The first kappa shape index (κ1) is 18.2. The maximum atomic E-state index is 12.8. The normalized spacial score (nSPS) is 12.4. The summed E-state index contributed by atoms with van der Waals surface area (Å²) in [7, 11) is 0. The van der Waals surface area contributed by atoms with E-state index in [1.54, 1.807) is 42.7 Å². The molecule has 1 aliphatic rings. The summed E-state index contributed by atoms with van der Waals surface area (Å²) in [5.41, 5.74) is 9.76. The molecule has 1 amide bonds. The van der Waals surface area contributed by atoms with E-state index in [0.717, 1.165) is 0 Å². The Labute approximate surface area is 173 Å². The lowest BCUT2D eigenvalue weighted by Crippen LogP contribution is -2.19. The summed E-state index contributed by atoms with van der Waals surface area (Å²) in [6, 6.07) is 8.67. The molecule has 4 aromatic rings. The van der Waals surface area contributed by atoms with Crippen molar-refractivity contribution < 1.29 is 18.9 Å². The minimum atomic E-state index is -0.603. The Kier molecular flexibility index (Phi) is 4.44. The van der Waals surface area contributed by atoms with Gasteiger partial charge in [0.15, 0.2) is 17.2 Å². The molecule has 31 heavy (non-hydrogen) atoms. The largest absolute Gasteiger partial charge is 0.454 e. The van der Waals surface area contributed by atoms with Crippen molar-refractivity contribution in [2.24, 2.45) is 5.10 Å². The van der Waals surface area contributed by atoms with Gasteiger partial charge in [-0.1, -0.05) is 11.3 Å². The van der Waals surface area contributed by atoms with Crippen LogP contribution in [-0.4, -0.2) is 49.2 Å². The Morgan fingerprint density at radius 1 is 1.23 bits per heavy atom. The number of ether oxygens (including phenoxy) is 2. The Morgan fingerprint density at radius 2 is 2.13 bits per heavy atom. The van der Waals surface area contributed by atoms with Crippen LogP contribution in [0.15, 0.2) is 52.5 Å². The second-order valence-electron chi connectivity index (χ2n) is 6.23. The summed E-state index contributed by atoms with van der Waals surface area (Å²) < 4.78 is 16.7. The van der Waals surface area contributed by atoms with E-state index in [-0.39, 0.29) is 29.8 Å². The first-order valence-electron chi connectivity index (χ1n) is 8.88. The molecule has 1 aliphatic heterocycles. The third-order valence-corrected chi connectivity index (χ3v) is 4.29. The Balaban J connectivity index is 1.53. The van der Waals surface area contributed by atoms with Gasteiger partial charge in [-0.2, -0.15) is 9.78 Å². The molecule has 1 aromatic carbocycles. The van der Waals surface area contributed by atoms with Crippen LogP contribution in [0.25, 0.3) is 17.1 Å². The highest BCUT2D eigenvalue weighted by Gasteiger charge is 2.26. The molecule has 13 heteroatoms. The minimum absolute atomic E-state index is 0.0200. The Bertz CT molecular complexity index is 1280. The van der Waals surface area contributed by atoms with E-state index in [1.165, 1.54) is 10.9 Å². The van der Waals surface area contributed by atoms with Gasteiger partial charge in [0.1, 0.15) is 5.69 Å². The molecule has 0 fully saturated rings. The van der Waals surface area contributed by atoms with Crippen LogP contribution in [0.2, 0.25) is 0 Å². The van der Waals surface area contributed by atoms with E-state index < -0.39 is 5.91 Å². The number of rotatable bonds is 5. The van der Waals surface area contributed by atoms with Crippen molar-refractivity contribution in [2.75, 3.05) is 12.5 Å². The molecule has 0 atom stereocenters. The predicted molar refractivity (Wildman–Crippen MR) is 104 cm³/mol. The molecule has 0 spiro atoms. The van der Waals surface area contributed by atoms with Crippen LogP contribution in [0.1, 0.15) is 16.1 Å². The number of nitrogens with two attached hydrogens (primary N) is 1. The quantitative estimate of drug-likeness (QED) is 0.348. The summed E-state index contributed by atoms with van der Waals surface area (Å²) in [4.78, 5) is 16.8. The lowest BCUT2D eigenvalue weighted by atomic mass is 10.1. The van der Waals surface area contributed by atoms with E-state index in [1.807, 2.05) is 0 Å². The minimum Gasteiger partial charge on any atom is -0.454 e. The van der Waals surface area contributed by atoms with Crippen molar-refractivity contribution >= 4 is 17.9 Å². The highest BCUT2D eigenvalue weighted by atomic mass is 16.7. The second-order valence-corrected chi connectivity index (χ2v) is 6.23. The molecule has 4 heterocycles. The van der Waals surface area contributed by atoms with Crippen LogP contribution in [0, 0.1) is 0 Å². The van der Waals surface area contributed by atoms with Crippen LogP contribution < -0.4 is 20.6 Å². The zero-order valence-electron chi connectivity index (χ0n) is 15.7. The maximum Gasteiger partial charge on any atom is 0.294 e. The van der Waals surface area contributed by atoms with Crippen LogP contribution in [0.5, 0.6) is 11.5 Å². The number of hydrogen-bond acceptors (Lipinski definition) is 11. The molecule has 0 radical (unpaired) electrons.